The van der Waals surface area contributed by atoms with E-state index in [0.29, 0.717) is 12.8 Å². The van der Waals surface area contributed by atoms with E-state index in [1.54, 1.807) is 0 Å². The number of benzene rings is 2. The van der Waals surface area contributed by atoms with Crippen LogP contribution in [0.3, 0.4) is 0 Å². The Kier molecular flexibility index (Phi) is 8.69. The molecule has 0 amide bonds. The fourth-order valence-corrected chi connectivity index (χ4v) is 5.42. The molecule has 0 unspecified atom stereocenters. The molecule has 0 bridgehead atoms. The molecule has 2 aliphatic rings. The third-order valence-corrected chi connectivity index (χ3v) is 7.45. The molecular weight excluding hydrogens is 448 g/mol. The zero-order chi connectivity index (χ0) is 26.7. The summed E-state index contributed by atoms with van der Waals surface area (Å²) in [5.41, 5.74) is 6.20. The number of ketones is 2. The van der Waals surface area contributed by atoms with Gasteiger partial charge in [-0.25, -0.2) is 0 Å². The van der Waals surface area contributed by atoms with Crippen molar-refractivity contribution in [2.24, 2.45) is 0 Å². The molecule has 0 aliphatic heterocycles. The van der Waals surface area contributed by atoms with Gasteiger partial charge in [0.15, 0.2) is 11.6 Å². The van der Waals surface area contributed by atoms with Crippen molar-refractivity contribution in [1.82, 2.24) is 0 Å². The minimum Gasteiger partial charge on any atom is -0.493 e. The minimum atomic E-state index is -0.0549. The fraction of sp³-hybridized carbons (Fsp3) is 0.562. The Balaban J connectivity index is 0.000000201. The lowest BCUT2D eigenvalue weighted by atomic mass is 9.83. The number of rotatable bonds is 8. The average molecular weight is 493 g/mol. The molecule has 0 saturated carbocycles. The van der Waals surface area contributed by atoms with E-state index < -0.39 is 0 Å². The highest BCUT2D eigenvalue weighted by Gasteiger charge is 2.38. The maximum Gasteiger partial charge on any atom is 0.164 e. The number of aryl methyl sites for hydroxylation is 1. The van der Waals surface area contributed by atoms with Crippen LogP contribution in [0.5, 0.6) is 11.5 Å². The summed E-state index contributed by atoms with van der Waals surface area (Å²) in [6.45, 7) is 18.4. The summed E-state index contributed by atoms with van der Waals surface area (Å²) in [6.07, 6.45) is 5.63. The highest BCUT2D eigenvalue weighted by molar-refractivity contribution is 6.03. The predicted molar refractivity (Wildman–Crippen MR) is 147 cm³/mol. The normalized spacial score (nSPS) is 16.8. The summed E-state index contributed by atoms with van der Waals surface area (Å²) in [6, 6.07) is 7.95. The van der Waals surface area contributed by atoms with Crippen LogP contribution < -0.4 is 9.47 Å². The number of hydrogen-bond acceptors (Lipinski definition) is 4. The van der Waals surface area contributed by atoms with Crippen molar-refractivity contribution < 1.29 is 19.1 Å². The Bertz CT molecular complexity index is 1110. The molecule has 0 saturated heterocycles. The van der Waals surface area contributed by atoms with Crippen molar-refractivity contribution in [3.8, 4) is 11.5 Å². The number of unbranched alkanes of at least 4 members (excludes halogenated alkanes) is 2. The third-order valence-electron chi connectivity index (χ3n) is 7.45. The number of Topliss-reactive ketones (excluding diaryl/α,β-unsaturated/α-hetero) is 2. The van der Waals surface area contributed by atoms with Crippen molar-refractivity contribution in [2.75, 3.05) is 13.2 Å². The van der Waals surface area contributed by atoms with Crippen molar-refractivity contribution in [3.63, 3.8) is 0 Å². The molecule has 36 heavy (non-hydrogen) atoms. The Hall–Kier alpha value is -2.62. The first kappa shape index (κ1) is 28.0. The minimum absolute atomic E-state index is 0.0526. The lowest BCUT2D eigenvalue weighted by Crippen LogP contribution is -2.14. The van der Waals surface area contributed by atoms with Crippen molar-refractivity contribution in [3.05, 3.63) is 57.6 Å². The van der Waals surface area contributed by atoms with E-state index in [-0.39, 0.29) is 22.4 Å². The van der Waals surface area contributed by atoms with Crippen molar-refractivity contribution in [1.29, 1.82) is 0 Å². The van der Waals surface area contributed by atoms with Gasteiger partial charge in [-0.05, 0) is 84.0 Å². The summed E-state index contributed by atoms with van der Waals surface area (Å²) in [4.78, 5) is 23.9. The molecule has 0 aromatic heterocycles. The van der Waals surface area contributed by atoms with E-state index in [1.807, 2.05) is 25.1 Å². The van der Waals surface area contributed by atoms with Crippen LogP contribution >= 0.6 is 0 Å². The molecule has 0 radical (unpaired) electrons. The standard InChI is InChI=1S/2C16H22O2/c1-5-6-9-18-14-8-7-12-13(17)10-16(3,4)15(12)11(14)2;1-5-6-7-18-15-9-13-12(8-11(15)2)14(17)10-16(13,3)4/h7-8H,5-6,9-10H2,1-4H3;8-9H,5-7,10H2,1-4H3. The monoisotopic (exact) mass is 492 g/mol. The molecule has 0 fully saturated rings. The second-order valence-corrected chi connectivity index (χ2v) is 11.6. The van der Waals surface area contributed by atoms with Crippen molar-refractivity contribution >= 4 is 11.6 Å². The van der Waals surface area contributed by atoms with Gasteiger partial charge in [0.2, 0.25) is 0 Å². The van der Waals surface area contributed by atoms with Gasteiger partial charge in [0.05, 0.1) is 13.2 Å². The predicted octanol–water partition coefficient (Wildman–Crippen LogP) is 8.08. The van der Waals surface area contributed by atoms with Gasteiger partial charge in [0, 0.05) is 24.0 Å². The number of ether oxygens (including phenoxy) is 2. The smallest absolute Gasteiger partial charge is 0.164 e. The summed E-state index contributed by atoms with van der Waals surface area (Å²) < 4.78 is 11.6. The van der Waals surface area contributed by atoms with Gasteiger partial charge in [-0.15, -0.1) is 0 Å². The Labute approximate surface area is 217 Å². The van der Waals surface area contributed by atoms with E-state index in [4.69, 9.17) is 9.47 Å². The van der Waals surface area contributed by atoms with Crippen LogP contribution in [-0.4, -0.2) is 24.8 Å². The van der Waals surface area contributed by atoms with Gasteiger partial charge in [-0.2, -0.15) is 0 Å². The first-order valence-corrected chi connectivity index (χ1v) is 13.5. The fourth-order valence-electron chi connectivity index (χ4n) is 5.42. The first-order valence-electron chi connectivity index (χ1n) is 13.5. The molecular formula is C32H44O4. The second kappa shape index (κ2) is 11.2. The summed E-state index contributed by atoms with van der Waals surface area (Å²) in [5, 5.41) is 0. The lowest BCUT2D eigenvalue weighted by molar-refractivity contribution is 0.0970. The molecule has 0 spiro atoms. The summed E-state index contributed by atoms with van der Waals surface area (Å²) in [5.74, 6) is 2.39. The number of carbonyl (C=O) groups is 2. The maximum atomic E-state index is 12.0. The molecule has 4 rings (SSSR count). The van der Waals surface area contributed by atoms with Gasteiger partial charge < -0.3 is 9.47 Å². The Morgan fingerprint density at radius 1 is 0.750 bits per heavy atom. The van der Waals surface area contributed by atoms with E-state index in [0.717, 1.165) is 78.2 Å². The molecule has 2 aliphatic carbocycles. The van der Waals surface area contributed by atoms with E-state index in [1.165, 1.54) is 5.56 Å². The molecule has 0 N–H and O–H groups in total. The third kappa shape index (κ3) is 5.85. The highest BCUT2D eigenvalue weighted by Crippen LogP contribution is 2.43. The lowest BCUT2D eigenvalue weighted by Gasteiger charge is -2.22. The first-order chi connectivity index (χ1) is 16.9. The number of carbonyl (C=O) groups excluding carboxylic acids is 2. The maximum absolute atomic E-state index is 12.0. The summed E-state index contributed by atoms with van der Waals surface area (Å²) >= 11 is 0. The van der Waals surface area contributed by atoms with E-state index >= 15 is 0 Å². The van der Waals surface area contributed by atoms with Crippen LogP contribution in [0, 0.1) is 13.8 Å². The van der Waals surface area contributed by atoms with Crippen LogP contribution in [0.25, 0.3) is 0 Å². The second-order valence-electron chi connectivity index (χ2n) is 11.6. The molecule has 0 atom stereocenters. The molecule has 0 heterocycles. The van der Waals surface area contributed by atoms with Gasteiger partial charge >= 0.3 is 0 Å². The largest absolute Gasteiger partial charge is 0.493 e. The Morgan fingerprint density at radius 2 is 1.31 bits per heavy atom. The SMILES string of the molecule is CCCCOc1cc2c(cc1C)C(=O)CC2(C)C.CCCCOc1ccc2c(c1C)C(C)(C)CC2=O. The van der Waals surface area contributed by atoms with E-state index in [2.05, 4.69) is 54.5 Å². The van der Waals surface area contributed by atoms with E-state index in [9.17, 15) is 9.59 Å². The van der Waals surface area contributed by atoms with Crippen LogP contribution in [0.15, 0.2) is 24.3 Å². The van der Waals surface area contributed by atoms with Gasteiger partial charge in [0.1, 0.15) is 11.5 Å². The zero-order valence-electron chi connectivity index (χ0n) is 23.6. The molecule has 4 heteroatoms. The van der Waals surface area contributed by atoms with Gasteiger partial charge in [-0.1, -0.05) is 54.4 Å². The van der Waals surface area contributed by atoms with Crippen LogP contribution in [0.1, 0.15) is 123 Å². The molecule has 2 aromatic carbocycles. The number of fused-ring (bicyclic) bond motifs is 2. The van der Waals surface area contributed by atoms with Gasteiger partial charge in [-0.3, -0.25) is 9.59 Å². The molecule has 2 aromatic rings. The van der Waals surface area contributed by atoms with Crippen LogP contribution in [0.2, 0.25) is 0 Å². The summed E-state index contributed by atoms with van der Waals surface area (Å²) in [7, 11) is 0. The van der Waals surface area contributed by atoms with Crippen LogP contribution in [0.4, 0.5) is 0 Å². The quantitative estimate of drug-likeness (QED) is 0.350. The highest BCUT2D eigenvalue weighted by atomic mass is 16.5. The van der Waals surface area contributed by atoms with Crippen LogP contribution in [-0.2, 0) is 10.8 Å². The topological polar surface area (TPSA) is 52.6 Å². The van der Waals surface area contributed by atoms with Gasteiger partial charge in [0.25, 0.3) is 0 Å². The molecule has 196 valence electrons. The van der Waals surface area contributed by atoms with Crippen molar-refractivity contribution in [2.45, 2.75) is 105 Å². The molecule has 4 nitrogen and oxygen atoms in total. The zero-order valence-corrected chi connectivity index (χ0v) is 23.6. The Morgan fingerprint density at radius 3 is 1.92 bits per heavy atom. The average Bonchev–Trinajstić information content (AvgIpc) is 3.17. The number of hydrogen-bond donors (Lipinski definition) is 0.